The largest absolute Gasteiger partial charge is 0.508 e. The van der Waals surface area contributed by atoms with Gasteiger partial charge in [-0.1, -0.05) is 30.4 Å². The lowest BCUT2D eigenvalue weighted by molar-refractivity contribution is 0.442. The summed E-state index contributed by atoms with van der Waals surface area (Å²) in [5.74, 6) is 0.284. The third-order valence-electron chi connectivity index (χ3n) is 1.90. The molecule has 1 heterocycles. The van der Waals surface area contributed by atoms with Crippen LogP contribution in [0.2, 0.25) is 0 Å². The lowest BCUT2D eigenvalue weighted by atomic mass is 10.2. The standard InChI is InChI=1S/C13H14O3/c1-3-4-5-6-7-10(2)12-8-11(14)9-13(15)16-12/h3-9,14H,1-2H3. The zero-order chi connectivity index (χ0) is 12.0. The van der Waals surface area contributed by atoms with E-state index >= 15 is 0 Å². The highest BCUT2D eigenvalue weighted by Crippen LogP contribution is 2.16. The predicted molar refractivity (Wildman–Crippen MR) is 64.2 cm³/mol. The van der Waals surface area contributed by atoms with Crippen LogP contribution in [-0.2, 0) is 0 Å². The van der Waals surface area contributed by atoms with Gasteiger partial charge in [0.25, 0.3) is 0 Å². The molecule has 1 rings (SSSR count). The zero-order valence-electron chi connectivity index (χ0n) is 9.31. The average molecular weight is 218 g/mol. The molecule has 1 aromatic heterocycles. The van der Waals surface area contributed by atoms with Crippen molar-refractivity contribution in [1.29, 1.82) is 0 Å². The Kier molecular flexibility index (Phi) is 4.33. The molecule has 0 aliphatic heterocycles. The van der Waals surface area contributed by atoms with Crippen molar-refractivity contribution in [1.82, 2.24) is 0 Å². The van der Waals surface area contributed by atoms with Gasteiger partial charge in [-0.2, -0.15) is 0 Å². The van der Waals surface area contributed by atoms with Crippen molar-refractivity contribution < 1.29 is 9.52 Å². The molecule has 3 heteroatoms. The molecule has 1 aromatic rings. The Morgan fingerprint density at radius 1 is 1.31 bits per heavy atom. The molecule has 0 spiro atoms. The zero-order valence-corrected chi connectivity index (χ0v) is 9.31. The Labute approximate surface area is 94.0 Å². The number of aromatic hydroxyl groups is 1. The van der Waals surface area contributed by atoms with Crippen LogP contribution in [0.3, 0.4) is 0 Å². The lowest BCUT2D eigenvalue weighted by Gasteiger charge is -1.98. The first kappa shape index (κ1) is 12.0. The first-order valence-electron chi connectivity index (χ1n) is 4.94. The molecule has 0 radical (unpaired) electrons. The minimum Gasteiger partial charge on any atom is -0.508 e. The maximum absolute atomic E-state index is 11.0. The molecule has 0 aliphatic carbocycles. The maximum atomic E-state index is 11.0. The minimum atomic E-state index is -0.555. The van der Waals surface area contributed by atoms with E-state index in [1.807, 2.05) is 31.2 Å². The van der Waals surface area contributed by atoms with E-state index in [0.717, 1.165) is 11.6 Å². The Morgan fingerprint density at radius 2 is 2.06 bits per heavy atom. The molecule has 0 aliphatic rings. The van der Waals surface area contributed by atoms with Gasteiger partial charge in [-0.3, -0.25) is 0 Å². The molecule has 16 heavy (non-hydrogen) atoms. The third kappa shape index (κ3) is 3.61. The lowest BCUT2D eigenvalue weighted by Crippen LogP contribution is -1.97. The fourth-order valence-corrected chi connectivity index (χ4v) is 1.12. The summed E-state index contributed by atoms with van der Waals surface area (Å²) in [6, 6.07) is 2.45. The van der Waals surface area contributed by atoms with Crippen molar-refractivity contribution in [3.63, 3.8) is 0 Å². The normalized spacial score (nSPS) is 12.8. The summed E-state index contributed by atoms with van der Waals surface area (Å²) in [5.41, 5.74) is 0.217. The van der Waals surface area contributed by atoms with Crippen molar-refractivity contribution in [3.8, 4) is 5.75 Å². The highest BCUT2D eigenvalue weighted by Gasteiger charge is 2.01. The Balaban J connectivity index is 2.95. The van der Waals surface area contributed by atoms with Crippen molar-refractivity contribution in [3.05, 3.63) is 58.7 Å². The number of hydrogen-bond acceptors (Lipinski definition) is 3. The van der Waals surface area contributed by atoms with Crippen molar-refractivity contribution in [2.24, 2.45) is 0 Å². The summed E-state index contributed by atoms with van der Waals surface area (Å²) < 4.78 is 4.94. The number of rotatable bonds is 3. The van der Waals surface area contributed by atoms with Crippen LogP contribution in [0.5, 0.6) is 5.75 Å². The van der Waals surface area contributed by atoms with Crippen LogP contribution in [-0.4, -0.2) is 5.11 Å². The summed E-state index contributed by atoms with van der Waals surface area (Å²) in [6.45, 7) is 3.73. The van der Waals surface area contributed by atoms with Crippen LogP contribution in [0.1, 0.15) is 19.6 Å². The van der Waals surface area contributed by atoms with E-state index in [0.29, 0.717) is 5.76 Å². The van der Waals surface area contributed by atoms with Gasteiger partial charge in [-0.15, -0.1) is 0 Å². The summed E-state index contributed by atoms with van der Waals surface area (Å²) in [6.07, 6.45) is 9.30. The van der Waals surface area contributed by atoms with Crippen molar-refractivity contribution in [2.45, 2.75) is 13.8 Å². The molecular weight excluding hydrogens is 204 g/mol. The van der Waals surface area contributed by atoms with Gasteiger partial charge in [0, 0.05) is 6.07 Å². The molecule has 3 nitrogen and oxygen atoms in total. The van der Waals surface area contributed by atoms with E-state index in [1.165, 1.54) is 6.07 Å². The second kappa shape index (κ2) is 5.75. The van der Waals surface area contributed by atoms with Crippen LogP contribution in [0, 0.1) is 0 Å². The highest BCUT2D eigenvalue weighted by atomic mass is 16.4. The van der Waals surface area contributed by atoms with E-state index in [2.05, 4.69) is 0 Å². The molecule has 0 aromatic carbocycles. The van der Waals surface area contributed by atoms with Crippen LogP contribution >= 0.6 is 0 Å². The first-order chi connectivity index (χ1) is 7.63. The summed E-state index contributed by atoms with van der Waals surface area (Å²) >= 11 is 0. The van der Waals surface area contributed by atoms with E-state index in [9.17, 15) is 9.90 Å². The third-order valence-corrected chi connectivity index (χ3v) is 1.90. The monoisotopic (exact) mass is 218 g/mol. The molecule has 0 unspecified atom stereocenters. The van der Waals surface area contributed by atoms with Gasteiger partial charge < -0.3 is 9.52 Å². The van der Waals surface area contributed by atoms with Gasteiger partial charge >= 0.3 is 5.63 Å². The predicted octanol–water partition coefficient (Wildman–Crippen LogP) is 2.88. The second-order valence-corrected chi connectivity index (χ2v) is 3.26. The van der Waals surface area contributed by atoms with Crippen LogP contribution in [0.15, 0.2) is 51.7 Å². The SMILES string of the molecule is CC=CC=CC=C(C)c1cc(O)cc(=O)o1. The van der Waals surface area contributed by atoms with Gasteiger partial charge in [0.05, 0.1) is 6.07 Å². The molecular formula is C13H14O3. The Morgan fingerprint density at radius 3 is 2.69 bits per heavy atom. The number of hydrogen-bond donors (Lipinski definition) is 1. The molecule has 1 N–H and O–H groups in total. The fraction of sp³-hybridized carbons (Fsp3) is 0.154. The Bertz CT molecular complexity index is 490. The molecule has 0 saturated carbocycles. The number of allylic oxidation sites excluding steroid dienone is 6. The summed E-state index contributed by atoms with van der Waals surface area (Å²) in [7, 11) is 0. The van der Waals surface area contributed by atoms with Crippen molar-refractivity contribution >= 4 is 5.57 Å². The molecule has 0 bridgehead atoms. The van der Waals surface area contributed by atoms with Gasteiger partial charge in [0.15, 0.2) is 0 Å². The summed E-state index contributed by atoms with van der Waals surface area (Å²) in [5, 5.41) is 9.24. The minimum absolute atomic E-state index is 0.0866. The van der Waals surface area contributed by atoms with Gasteiger partial charge in [0.2, 0.25) is 0 Å². The second-order valence-electron chi connectivity index (χ2n) is 3.26. The van der Waals surface area contributed by atoms with E-state index in [-0.39, 0.29) is 5.75 Å². The van der Waals surface area contributed by atoms with Crippen LogP contribution < -0.4 is 5.63 Å². The van der Waals surface area contributed by atoms with Crippen molar-refractivity contribution in [2.75, 3.05) is 0 Å². The summed E-state index contributed by atoms with van der Waals surface area (Å²) in [4.78, 5) is 11.0. The average Bonchev–Trinajstić information content (AvgIpc) is 2.22. The topological polar surface area (TPSA) is 50.4 Å². The van der Waals surface area contributed by atoms with E-state index < -0.39 is 5.63 Å². The van der Waals surface area contributed by atoms with E-state index in [1.54, 1.807) is 13.0 Å². The first-order valence-corrected chi connectivity index (χ1v) is 4.94. The van der Waals surface area contributed by atoms with Gasteiger partial charge in [-0.25, -0.2) is 4.79 Å². The fourth-order valence-electron chi connectivity index (χ4n) is 1.12. The maximum Gasteiger partial charge on any atom is 0.339 e. The molecule has 0 atom stereocenters. The van der Waals surface area contributed by atoms with Crippen LogP contribution in [0.25, 0.3) is 5.57 Å². The van der Waals surface area contributed by atoms with Crippen LogP contribution in [0.4, 0.5) is 0 Å². The van der Waals surface area contributed by atoms with E-state index in [4.69, 9.17) is 4.42 Å². The van der Waals surface area contributed by atoms with Gasteiger partial charge in [-0.05, 0) is 19.4 Å². The molecule has 0 saturated heterocycles. The highest BCUT2D eigenvalue weighted by molar-refractivity contribution is 5.61. The molecule has 0 amide bonds. The smallest absolute Gasteiger partial charge is 0.339 e. The molecule has 0 fully saturated rings. The Hall–Kier alpha value is -2.03. The molecule has 84 valence electrons. The van der Waals surface area contributed by atoms with Gasteiger partial charge in [0.1, 0.15) is 11.5 Å². The quantitative estimate of drug-likeness (QED) is 0.793.